The Morgan fingerprint density at radius 3 is 1.97 bits per heavy atom. The topological polar surface area (TPSA) is 46.6 Å². The van der Waals surface area contributed by atoms with Crippen LogP contribution in [0.25, 0.3) is 0 Å². The van der Waals surface area contributed by atoms with E-state index >= 15 is 0 Å². The van der Waals surface area contributed by atoms with Gasteiger partial charge in [-0.3, -0.25) is 4.79 Å². The van der Waals surface area contributed by atoms with Crippen molar-refractivity contribution in [1.82, 2.24) is 0 Å². The van der Waals surface area contributed by atoms with Crippen LogP contribution >= 0.6 is 0 Å². The molecule has 0 heterocycles. The average molecular weight is 387 g/mol. The fraction of sp³-hybridized carbons (Fsp3) is 0.200. The molecule has 3 aromatic carbocycles. The van der Waals surface area contributed by atoms with Crippen LogP contribution in [0.4, 0.5) is 5.69 Å². The van der Waals surface area contributed by atoms with Crippen molar-refractivity contribution < 1.29 is 14.3 Å². The van der Waals surface area contributed by atoms with Gasteiger partial charge in [0.1, 0.15) is 0 Å². The summed E-state index contributed by atoms with van der Waals surface area (Å²) < 4.78 is 5.74. The minimum Gasteiger partial charge on any atom is -0.445 e. The lowest BCUT2D eigenvalue weighted by Gasteiger charge is -2.19. The number of aryl methyl sites for hydroxylation is 2. The number of anilines is 1. The molecule has 0 fully saturated rings. The SMILES string of the molecule is Cc1ccc(C(=O)C(OC(=O)c2cccc(N(C)C)c2)c2ccc(C)cc2)cc1. The highest BCUT2D eigenvalue weighted by Gasteiger charge is 2.27. The quantitative estimate of drug-likeness (QED) is 0.433. The second kappa shape index (κ2) is 8.74. The average Bonchev–Trinajstić information content (AvgIpc) is 2.73. The number of ketones is 1. The Morgan fingerprint density at radius 1 is 0.793 bits per heavy atom. The maximum absolute atomic E-state index is 13.2. The van der Waals surface area contributed by atoms with Crippen LogP contribution in [0, 0.1) is 13.8 Å². The van der Waals surface area contributed by atoms with Crippen LogP contribution in [0.2, 0.25) is 0 Å². The molecule has 1 atom stereocenters. The number of hydrogen-bond acceptors (Lipinski definition) is 4. The zero-order valence-corrected chi connectivity index (χ0v) is 17.2. The summed E-state index contributed by atoms with van der Waals surface area (Å²) in [7, 11) is 3.81. The van der Waals surface area contributed by atoms with Crippen LogP contribution in [0.5, 0.6) is 0 Å². The number of esters is 1. The molecule has 0 aliphatic rings. The number of Topliss-reactive ketones (excluding diaryl/α,β-unsaturated/α-hetero) is 1. The van der Waals surface area contributed by atoms with Gasteiger partial charge in [0.15, 0.2) is 6.10 Å². The summed E-state index contributed by atoms with van der Waals surface area (Å²) in [6, 6.07) is 21.9. The molecule has 1 unspecified atom stereocenters. The lowest BCUT2D eigenvalue weighted by molar-refractivity contribution is 0.0280. The molecule has 0 aromatic heterocycles. The second-order valence-corrected chi connectivity index (χ2v) is 7.37. The van der Waals surface area contributed by atoms with Crippen molar-refractivity contribution in [1.29, 1.82) is 0 Å². The summed E-state index contributed by atoms with van der Waals surface area (Å²) >= 11 is 0. The summed E-state index contributed by atoms with van der Waals surface area (Å²) in [4.78, 5) is 28.0. The van der Waals surface area contributed by atoms with Gasteiger partial charge in [-0.25, -0.2) is 4.79 Å². The van der Waals surface area contributed by atoms with Gasteiger partial charge >= 0.3 is 5.97 Å². The van der Waals surface area contributed by atoms with Crippen molar-refractivity contribution in [3.63, 3.8) is 0 Å². The van der Waals surface area contributed by atoms with Crippen molar-refractivity contribution in [2.45, 2.75) is 20.0 Å². The largest absolute Gasteiger partial charge is 0.445 e. The molecule has 3 aromatic rings. The van der Waals surface area contributed by atoms with E-state index in [0.29, 0.717) is 16.7 Å². The van der Waals surface area contributed by atoms with Crippen LogP contribution in [0.3, 0.4) is 0 Å². The number of hydrogen-bond donors (Lipinski definition) is 0. The van der Waals surface area contributed by atoms with Crippen LogP contribution in [-0.2, 0) is 4.74 Å². The monoisotopic (exact) mass is 387 g/mol. The highest BCUT2D eigenvalue weighted by Crippen LogP contribution is 2.25. The molecule has 4 heteroatoms. The number of carbonyl (C=O) groups excluding carboxylic acids is 2. The summed E-state index contributed by atoms with van der Waals surface area (Å²) in [5, 5.41) is 0. The number of rotatable bonds is 6. The van der Waals surface area contributed by atoms with E-state index in [2.05, 4.69) is 0 Å². The molecule has 0 spiro atoms. The molecular weight excluding hydrogens is 362 g/mol. The number of carbonyl (C=O) groups is 2. The van der Waals surface area contributed by atoms with Crippen LogP contribution in [-0.4, -0.2) is 25.8 Å². The van der Waals surface area contributed by atoms with Gasteiger partial charge in [-0.05, 0) is 32.0 Å². The van der Waals surface area contributed by atoms with Crippen molar-refractivity contribution in [3.8, 4) is 0 Å². The molecule has 0 saturated carbocycles. The minimum atomic E-state index is -1.01. The maximum atomic E-state index is 13.2. The number of benzene rings is 3. The smallest absolute Gasteiger partial charge is 0.339 e. The van der Waals surface area contributed by atoms with Gasteiger partial charge < -0.3 is 9.64 Å². The summed E-state index contributed by atoms with van der Waals surface area (Å²) in [6.45, 7) is 3.93. The highest BCUT2D eigenvalue weighted by atomic mass is 16.5. The van der Waals surface area contributed by atoms with E-state index in [1.165, 1.54) is 0 Å². The summed E-state index contributed by atoms with van der Waals surface area (Å²) in [5.74, 6) is -0.772. The molecule has 29 heavy (non-hydrogen) atoms. The third kappa shape index (κ3) is 4.91. The second-order valence-electron chi connectivity index (χ2n) is 7.37. The van der Waals surface area contributed by atoms with E-state index in [4.69, 9.17) is 4.74 Å². The summed E-state index contributed by atoms with van der Waals surface area (Å²) in [5.41, 5.74) is 4.58. The molecular formula is C25H25NO3. The standard InChI is InChI=1S/C25H25NO3/c1-17-8-12-19(13-9-17)23(27)24(20-14-10-18(2)11-15-20)29-25(28)21-6-5-7-22(16-21)26(3)4/h5-16,24H,1-4H3. The molecule has 0 N–H and O–H groups in total. The molecule has 0 bridgehead atoms. The Hall–Kier alpha value is -3.40. The molecule has 0 saturated heterocycles. The molecule has 0 amide bonds. The first-order valence-electron chi connectivity index (χ1n) is 9.51. The summed E-state index contributed by atoms with van der Waals surface area (Å²) in [6.07, 6.45) is -1.01. The Balaban J connectivity index is 1.93. The molecule has 4 nitrogen and oxygen atoms in total. The van der Waals surface area contributed by atoms with Gasteiger partial charge in [0.25, 0.3) is 0 Å². The molecule has 148 valence electrons. The predicted octanol–water partition coefficient (Wildman–Crippen LogP) is 5.15. The Kier molecular flexibility index (Phi) is 6.13. The third-order valence-corrected chi connectivity index (χ3v) is 4.78. The van der Waals surface area contributed by atoms with Gasteiger partial charge in [0.2, 0.25) is 5.78 Å². The Morgan fingerprint density at radius 2 is 1.38 bits per heavy atom. The van der Waals surface area contributed by atoms with E-state index in [1.807, 2.05) is 75.3 Å². The van der Waals surface area contributed by atoms with Gasteiger partial charge in [-0.1, -0.05) is 65.7 Å². The van der Waals surface area contributed by atoms with Crippen LogP contribution in [0.15, 0.2) is 72.8 Å². The Labute approximate surface area is 171 Å². The van der Waals surface area contributed by atoms with Gasteiger partial charge in [0.05, 0.1) is 5.56 Å². The molecule has 0 radical (unpaired) electrons. The maximum Gasteiger partial charge on any atom is 0.339 e. The Bertz CT molecular complexity index is 1000. The third-order valence-electron chi connectivity index (χ3n) is 4.78. The number of ether oxygens (including phenoxy) is 1. The molecule has 0 aliphatic heterocycles. The highest BCUT2D eigenvalue weighted by molar-refractivity contribution is 6.02. The van der Waals surface area contributed by atoms with Crippen LogP contribution < -0.4 is 4.90 Å². The fourth-order valence-corrected chi connectivity index (χ4v) is 2.97. The van der Waals surface area contributed by atoms with Gasteiger partial charge in [-0.2, -0.15) is 0 Å². The molecule has 0 aliphatic carbocycles. The van der Waals surface area contributed by atoms with Crippen LogP contribution in [0.1, 0.15) is 43.5 Å². The van der Waals surface area contributed by atoms with E-state index in [-0.39, 0.29) is 5.78 Å². The first kappa shape index (κ1) is 20.3. The minimum absolute atomic E-state index is 0.244. The van der Waals surface area contributed by atoms with Crippen molar-refractivity contribution >= 4 is 17.4 Å². The zero-order valence-electron chi connectivity index (χ0n) is 17.2. The normalized spacial score (nSPS) is 11.6. The van der Waals surface area contributed by atoms with Crippen molar-refractivity contribution in [3.05, 3.63) is 101 Å². The van der Waals surface area contributed by atoms with E-state index in [1.54, 1.807) is 30.3 Å². The lowest BCUT2D eigenvalue weighted by Crippen LogP contribution is -2.20. The first-order chi connectivity index (χ1) is 13.8. The van der Waals surface area contributed by atoms with E-state index in [0.717, 1.165) is 16.8 Å². The number of nitrogens with zero attached hydrogens (tertiary/aromatic N) is 1. The van der Waals surface area contributed by atoms with Gasteiger partial charge in [-0.15, -0.1) is 0 Å². The fourth-order valence-electron chi connectivity index (χ4n) is 2.97. The zero-order chi connectivity index (χ0) is 21.0. The van der Waals surface area contributed by atoms with Crippen molar-refractivity contribution in [2.24, 2.45) is 0 Å². The first-order valence-corrected chi connectivity index (χ1v) is 9.51. The van der Waals surface area contributed by atoms with Gasteiger partial charge in [0, 0.05) is 30.9 Å². The van der Waals surface area contributed by atoms with E-state index < -0.39 is 12.1 Å². The molecule has 3 rings (SSSR count). The predicted molar refractivity (Wildman–Crippen MR) is 116 cm³/mol. The lowest BCUT2D eigenvalue weighted by atomic mass is 9.98. The van der Waals surface area contributed by atoms with E-state index in [9.17, 15) is 9.59 Å². The van der Waals surface area contributed by atoms with Crippen molar-refractivity contribution in [2.75, 3.05) is 19.0 Å².